The molecule has 0 saturated heterocycles. The quantitative estimate of drug-likeness (QED) is 0.502. The van der Waals surface area contributed by atoms with Crippen molar-refractivity contribution in [1.82, 2.24) is 4.57 Å². The third-order valence-electron chi connectivity index (χ3n) is 4.23. The molecule has 0 aliphatic rings. The number of aromatic nitrogens is 1. The van der Waals surface area contributed by atoms with E-state index in [4.69, 9.17) is 13.4 Å². The highest BCUT2D eigenvalue weighted by Crippen LogP contribution is 2.36. The number of nitrogens with one attached hydrogen (secondary N) is 1. The van der Waals surface area contributed by atoms with E-state index in [1.54, 1.807) is 13.0 Å². The van der Waals surface area contributed by atoms with E-state index in [9.17, 15) is 23.4 Å². The third kappa shape index (κ3) is 6.13. The van der Waals surface area contributed by atoms with Crippen LogP contribution in [0.4, 0.5) is 10.1 Å². The molecule has 0 fully saturated rings. The first kappa shape index (κ1) is 19.4. The van der Waals surface area contributed by atoms with Gasteiger partial charge in [-0.1, -0.05) is 6.07 Å². The smallest absolute Gasteiger partial charge is 0.326 e. The van der Waals surface area contributed by atoms with E-state index in [0.717, 1.165) is 29.4 Å². The van der Waals surface area contributed by atoms with Crippen molar-refractivity contribution in [3.63, 3.8) is 0 Å². The Bertz CT molecular complexity index is 1370. The maximum absolute atomic E-state index is 13.7. The summed E-state index contributed by atoms with van der Waals surface area (Å²) in [7, 11) is -3.78. The lowest BCUT2D eigenvalue weighted by molar-refractivity contribution is 0.102. The fraction of sp³-hybridized carbons (Fsp3) is 0.182. The van der Waals surface area contributed by atoms with E-state index < -0.39 is 38.5 Å². The van der Waals surface area contributed by atoms with Gasteiger partial charge in [0.25, 0.3) is 11.5 Å². The number of pyridine rings is 1. The zero-order valence-corrected chi connectivity index (χ0v) is 18.1. The summed E-state index contributed by atoms with van der Waals surface area (Å²) in [6.45, 7) is -0.371. The predicted molar refractivity (Wildman–Crippen MR) is 118 cm³/mol. The number of carbonyl (C=O) groups is 1. The molecule has 2 N–H and O–H groups in total. The molecular weight excluding hydrogens is 438 g/mol. The molecule has 10 heteroatoms. The number of aryl methyl sites for hydroxylation is 2. The van der Waals surface area contributed by atoms with Gasteiger partial charge in [0, 0.05) is 28.7 Å². The zero-order valence-electron chi connectivity index (χ0n) is 20.2. The number of amides is 1. The number of halogens is 1. The van der Waals surface area contributed by atoms with Crippen LogP contribution in [0.25, 0.3) is 0 Å². The Morgan fingerprint density at radius 3 is 2.69 bits per heavy atom. The molecule has 32 heavy (non-hydrogen) atoms. The largest absolute Gasteiger partial charge is 0.456 e. The zero-order chi connectivity index (χ0) is 26.0. The summed E-state index contributed by atoms with van der Waals surface area (Å²) in [6.07, 6.45) is 1.28. The second kappa shape index (κ2) is 9.48. The number of hydrogen-bond acceptors (Lipinski definition) is 5. The predicted octanol–water partition coefficient (Wildman–Crippen LogP) is 4.44. The molecule has 1 unspecified atom stereocenters. The third-order valence-corrected chi connectivity index (χ3v) is 4.83. The number of carbonyl (C=O) groups excluding carboxylic acids is 1. The minimum atomic E-state index is -3.78. The van der Waals surface area contributed by atoms with Crippen molar-refractivity contribution in [3.05, 3.63) is 87.6 Å². The first-order valence-corrected chi connectivity index (χ1v) is 11.3. The molecule has 3 aromatic rings. The van der Waals surface area contributed by atoms with E-state index in [-0.39, 0.29) is 28.3 Å². The highest BCUT2D eigenvalue weighted by molar-refractivity contribution is 7.51. The lowest BCUT2D eigenvalue weighted by Gasteiger charge is -2.14. The van der Waals surface area contributed by atoms with Crippen molar-refractivity contribution in [3.8, 4) is 11.5 Å². The van der Waals surface area contributed by atoms with E-state index in [1.807, 2.05) is 0 Å². The highest BCUT2D eigenvalue weighted by Gasteiger charge is 2.16. The van der Waals surface area contributed by atoms with Crippen LogP contribution in [0.3, 0.4) is 0 Å². The number of hydrogen-bond donors (Lipinski definition) is 2. The molecule has 2 aromatic carbocycles. The van der Waals surface area contributed by atoms with Crippen LogP contribution in [0, 0.1) is 19.6 Å². The molecule has 0 aliphatic heterocycles. The van der Waals surface area contributed by atoms with Gasteiger partial charge in [-0.05, 0) is 61.3 Å². The number of rotatable bonds is 7. The Balaban J connectivity index is 1.87. The fourth-order valence-corrected chi connectivity index (χ4v) is 3.01. The lowest BCUT2D eigenvalue weighted by atomic mass is 10.1. The van der Waals surface area contributed by atoms with Gasteiger partial charge in [-0.15, -0.1) is 0 Å². The second-order valence-electron chi connectivity index (χ2n) is 6.98. The molecule has 1 amide bonds. The van der Waals surface area contributed by atoms with Crippen molar-refractivity contribution in [1.29, 1.82) is 0 Å². The summed E-state index contributed by atoms with van der Waals surface area (Å²) in [5.74, 6) is -1.50. The van der Waals surface area contributed by atoms with Gasteiger partial charge in [0.15, 0.2) is 0 Å². The average Bonchev–Trinajstić information content (AvgIpc) is 2.73. The molecular formula is C22H22FN2O6P. The Morgan fingerprint density at radius 2 is 2.00 bits per heavy atom. The van der Waals surface area contributed by atoms with Crippen molar-refractivity contribution in [2.24, 2.45) is 0 Å². The average molecular weight is 463 g/mol. The Labute approximate surface area is 188 Å². The van der Waals surface area contributed by atoms with Crippen LogP contribution in [-0.2, 0) is 15.8 Å². The number of anilines is 1. The van der Waals surface area contributed by atoms with Crippen molar-refractivity contribution < 1.29 is 32.0 Å². The van der Waals surface area contributed by atoms with E-state index in [2.05, 4.69) is 5.32 Å². The number of benzene rings is 2. The monoisotopic (exact) mass is 463 g/mol. The molecule has 1 atom stereocenters. The van der Waals surface area contributed by atoms with Crippen LogP contribution in [0.5, 0.6) is 11.5 Å². The molecule has 8 nitrogen and oxygen atoms in total. The molecule has 0 radical (unpaired) electrons. The molecule has 0 aliphatic carbocycles. The van der Waals surface area contributed by atoms with E-state index >= 15 is 0 Å². The van der Waals surface area contributed by atoms with Crippen molar-refractivity contribution >= 4 is 19.2 Å². The molecule has 1 heterocycles. The number of ether oxygens (including phenoxy) is 1. The highest BCUT2D eigenvalue weighted by atomic mass is 31.2. The summed E-state index contributed by atoms with van der Waals surface area (Å²) in [4.78, 5) is 34.4. The second-order valence-corrected chi connectivity index (χ2v) is 8.85. The maximum atomic E-state index is 13.7. The van der Waals surface area contributed by atoms with Crippen molar-refractivity contribution in [2.75, 3.05) is 12.0 Å². The Kier molecular flexibility index (Phi) is 5.76. The SMILES string of the molecule is [2H]C([2H])([2H])c1cc(F)ccc1Oc1cc(C)ccc1C(=O)Nc1ccn(COP(C)(=O)O)c(=O)c1. The first-order chi connectivity index (χ1) is 16.2. The van der Waals surface area contributed by atoms with Gasteiger partial charge in [-0.3, -0.25) is 23.2 Å². The van der Waals surface area contributed by atoms with E-state index in [0.29, 0.717) is 5.56 Å². The summed E-state index contributed by atoms with van der Waals surface area (Å²) in [6, 6.07) is 10.2. The molecule has 1 aromatic heterocycles. The van der Waals surface area contributed by atoms with Gasteiger partial charge in [0.1, 0.15) is 24.0 Å². The fourth-order valence-electron chi connectivity index (χ4n) is 2.67. The summed E-state index contributed by atoms with van der Waals surface area (Å²) >= 11 is 0. The van der Waals surface area contributed by atoms with Gasteiger partial charge >= 0.3 is 7.60 Å². The standard InChI is InChI=1S/C22H22FN2O6P/c1-14-4-6-18(20(10-14)31-19-7-5-16(23)11-15(19)2)22(27)24-17-8-9-25(21(26)12-17)13-30-32(3,28)29/h4-12H,13H2,1-3H3,(H,24,27)(H,28,29)/i2D3. The normalized spacial score (nSPS) is 14.6. The van der Waals surface area contributed by atoms with Crippen LogP contribution >= 0.6 is 7.60 Å². The van der Waals surface area contributed by atoms with Gasteiger partial charge in [-0.25, -0.2) is 4.39 Å². The van der Waals surface area contributed by atoms with Gasteiger partial charge < -0.3 is 14.9 Å². The van der Waals surface area contributed by atoms with Gasteiger partial charge in [0.2, 0.25) is 0 Å². The molecule has 3 rings (SSSR count). The van der Waals surface area contributed by atoms with Gasteiger partial charge in [-0.2, -0.15) is 0 Å². The molecule has 0 spiro atoms. The topological polar surface area (TPSA) is 107 Å². The number of nitrogens with zero attached hydrogens (tertiary/aromatic N) is 1. The van der Waals surface area contributed by atoms with Crippen LogP contribution in [-0.4, -0.2) is 22.0 Å². The van der Waals surface area contributed by atoms with Gasteiger partial charge in [0.05, 0.1) is 5.56 Å². The first-order valence-electron chi connectivity index (χ1n) is 10.8. The Morgan fingerprint density at radius 1 is 1.22 bits per heavy atom. The molecule has 168 valence electrons. The van der Waals surface area contributed by atoms with E-state index in [1.165, 1.54) is 30.5 Å². The minimum Gasteiger partial charge on any atom is -0.456 e. The summed E-state index contributed by atoms with van der Waals surface area (Å²) < 4.78 is 59.3. The minimum absolute atomic E-state index is 0.0306. The van der Waals surface area contributed by atoms with Crippen LogP contribution in [0.15, 0.2) is 59.5 Å². The maximum Gasteiger partial charge on any atom is 0.326 e. The van der Waals surface area contributed by atoms with Crippen LogP contribution < -0.4 is 15.6 Å². The summed E-state index contributed by atoms with van der Waals surface area (Å²) in [5.41, 5.74) is -0.0534. The molecule has 0 bridgehead atoms. The lowest BCUT2D eigenvalue weighted by Crippen LogP contribution is -2.21. The van der Waals surface area contributed by atoms with Crippen LogP contribution in [0.2, 0.25) is 0 Å². The summed E-state index contributed by atoms with van der Waals surface area (Å²) in [5, 5.41) is 2.55. The van der Waals surface area contributed by atoms with Crippen LogP contribution in [0.1, 0.15) is 25.6 Å². The molecule has 0 saturated carbocycles. The van der Waals surface area contributed by atoms with Crippen molar-refractivity contribution in [2.45, 2.75) is 20.5 Å². The Hall–Kier alpha value is -3.26.